The van der Waals surface area contributed by atoms with Crippen LogP contribution in [0.2, 0.25) is 0 Å². The van der Waals surface area contributed by atoms with Gasteiger partial charge in [0.05, 0.1) is 6.04 Å². The summed E-state index contributed by atoms with van der Waals surface area (Å²) < 4.78 is 1.14. The molecular formula is C17H21BrN2. The molecular weight excluding hydrogens is 312 g/mol. The van der Waals surface area contributed by atoms with Crippen molar-refractivity contribution in [3.63, 3.8) is 0 Å². The van der Waals surface area contributed by atoms with E-state index in [1.807, 2.05) is 12.4 Å². The molecule has 0 saturated heterocycles. The van der Waals surface area contributed by atoms with Gasteiger partial charge in [0.1, 0.15) is 0 Å². The minimum atomic E-state index is 0.177. The molecule has 3 heteroatoms. The van der Waals surface area contributed by atoms with E-state index < -0.39 is 0 Å². The van der Waals surface area contributed by atoms with Gasteiger partial charge in [0.2, 0.25) is 0 Å². The molecule has 1 unspecified atom stereocenters. The van der Waals surface area contributed by atoms with Crippen molar-refractivity contribution < 1.29 is 0 Å². The highest BCUT2D eigenvalue weighted by Crippen LogP contribution is 2.29. The highest BCUT2D eigenvalue weighted by atomic mass is 79.9. The van der Waals surface area contributed by atoms with Crippen LogP contribution >= 0.6 is 15.9 Å². The fourth-order valence-corrected chi connectivity index (χ4v) is 2.79. The van der Waals surface area contributed by atoms with Crippen LogP contribution in [0.25, 0.3) is 0 Å². The summed E-state index contributed by atoms with van der Waals surface area (Å²) in [7, 11) is 0. The molecule has 1 aromatic heterocycles. The van der Waals surface area contributed by atoms with E-state index in [2.05, 4.69) is 71.3 Å². The molecule has 0 aliphatic carbocycles. The lowest BCUT2D eigenvalue weighted by Crippen LogP contribution is -2.24. The second-order valence-electron chi connectivity index (χ2n) is 5.21. The normalized spacial score (nSPS) is 12.4. The van der Waals surface area contributed by atoms with Gasteiger partial charge >= 0.3 is 0 Å². The molecule has 1 N–H and O–H groups in total. The van der Waals surface area contributed by atoms with Crippen LogP contribution < -0.4 is 5.32 Å². The molecule has 0 spiro atoms. The SMILES string of the molecule is CCCNC(c1cncc(C)c1)c1cc(C)ccc1Br. The number of pyridine rings is 1. The number of nitrogens with zero attached hydrogens (tertiary/aromatic N) is 1. The van der Waals surface area contributed by atoms with Gasteiger partial charge in [-0.05, 0) is 49.6 Å². The summed E-state index contributed by atoms with van der Waals surface area (Å²) in [5, 5.41) is 3.63. The predicted molar refractivity (Wildman–Crippen MR) is 88.0 cm³/mol. The van der Waals surface area contributed by atoms with Gasteiger partial charge in [0, 0.05) is 16.9 Å². The smallest absolute Gasteiger partial charge is 0.0603 e. The van der Waals surface area contributed by atoms with Crippen LogP contribution in [-0.4, -0.2) is 11.5 Å². The lowest BCUT2D eigenvalue weighted by atomic mass is 9.97. The maximum Gasteiger partial charge on any atom is 0.0603 e. The number of aromatic nitrogens is 1. The molecule has 1 heterocycles. The Morgan fingerprint density at radius 2 is 1.95 bits per heavy atom. The number of halogens is 1. The molecule has 1 atom stereocenters. The first kappa shape index (κ1) is 15.2. The van der Waals surface area contributed by atoms with E-state index in [1.54, 1.807) is 0 Å². The van der Waals surface area contributed by atoms with Crippen molar-refractivity contribution in [1.82, 2.24) is 10.3 Å². The van der Waals surface area contributed by atoms with Gasteiger partial charge in [-0.1, -0.05) is 46.6 Å². The lowest BCUT2D eigenvalue weighted by molar-refractivity contribution is 0.594. The number of rotatable bonds is 5. The summed E-state index contributed by atoms with van der Waals surface area (Å²) in [6, 6.07) is 8.86. The van der Waals surface area contributed by atoms with Gasteiger partial charge in [-0.2, -0.15) is 0 Å². The molecule has 2 rings (SSSR count). The molecule has 106 valence electrons. The summed E-state index contributed by atoms with van der Waals surface area (Å²) in [6.45, 7) is 7.38. The van der Waals surface area contributed by atoms with E-state index in [0.29, 0.717) is 0 Å². The fourth-order valence-electron chi connectivity index (χ4n) is 2.32. The Bertz CT molecular complexity index is 581. The summed E-state index contributed by atoms with van der Waals surface area (Å²) >= 11 is 3.68. The number of nitrogens with one attached hydrogen (secondary N) is 1. The van der Waals surface area contributed by atoms with Crippen molar-refractivity contribution in [3.8, 4) is 0 Å². The molecule has 0 bridgehead atoms. The molecule has 2 nitrogen and oxygen atoms in total. The largest absolute Gasteiger partial charge is 0.306 e. The van der Waals surface area contributed by atoms with Crippen LogP contribution in [0.1, 0.15) is 41.6 Å². The van der Waals surface area contributed by atoms with Crippen molar-refractivity contribution in [2.75, 3.05) is 6.54 Å². The lowest BCUT2D eigenvalue weighted by Gasteiger charge is -2.21. The molecule has 0 radical (unpaired) electrons. The molecule has 20 heavy (non-hydrogen) atoms. The van der Waals surface area contributed by atoms with E-state index in [0.717, 1.165) is 17.4 Å². The minimum Gasteiger partial charge on any atom is -0.306 e. The Labute approximate surface area is 129 Å². The third-order valence-corrected chi connectivity index (χ3v) is 4.01. The third-order valence-electron chi connectivity index (χ3n) is 3.29. The maximum absolute atomic E-state index is 4.34. The van der Waals surface area contributed by atoms with Crippen LogP contribution in [0.4, 0.5) is 0 Å². The van der Waals surface area contributed by atoms with Gasteiger partial charge in [-0.25, -0.2) is 0 Å². The second kappa shape index (κ2) is 7.00. The molecule has 0 amide bonds. The monoisotopic (exact) mass is 332 g/mol. The third kappa shape index (κ3) is 3.68. The van der Waals surface area contributed by atoms with Crippen molar-refractivity contribution in [3.05, 3.63) is 63.4 Å². The Kier molecular flexibility index (Phi) is 5.32. The zero-order chi connectivity index (χ0) is 14.5. The van der Waals surface area contributed by atoms with Gasteiger partial charge in [-0.15, -0.1) is 0 Å². The fraction of sp³-hybridized carbons (Fsp3) is 0.353. The summed E-state index contributed by atoms with van der Waals surface area (Å²) in [4.78, 5) is 4.34. The Morgan fingerprint density at radius 1 is 1.15 bits per heavy atom. The molecule has 1 aromatic carbocycles. The van der Waals surface area contributed by atoms with Crippen molar-refractivity contribution in [2.45, 2.75) is 33.2 Å². The first-order valence-electron chi connectivity index (χ1n) is 7.02. The molecule has 0 aliphatic rings. The van der Waals surface area contributed by atoms with Crippen LogP contribution in [0, 0.1) is 13.8 Å². The summed E-state index contributed by atoms with van der Waals surface area (Å²) in [5.74, 6) is 0. The average Bonchev–Trinajstić information content (AvgIpc) is 2.43. The van der Waals surface area contributed by atoms with Crippen molar-refractivity contribution >= 4 is 15.9 Å². The standard InChI is InChI=1S/C17H21BrN2/c1-4-7-20-17(14-8-13(3)10-19-11-14)15-9-12(2)5-6-16(15)18/h5-6,8-11,17,20H,4,7H2,1-3H3. The molecule has 0 aliphatic heterocycles. The van der Waals surface area contributed by atoms with E-state index in [9.17, 15) is 0 Å². The van der Waals surface area contributed by atoms with E-state index >= 15 is 0 Å². The molecule has 0 saturated carbocycles. The van der Waals surface area contributed by atoms with Gasteiger partial charge in [-0.3, -0.25) is 4.98 Å². The average molecular weight is 333 g/mol. The number of benzene rings is 1. The zero-order valence-electron chi connectivity index (χ0n) is 12.3. The summed E-state index contributed by atoms with van der Waals surface area (Å²) in [6.07, 6.45) is 4.96. The zero-order valence-corrected chi connectivity index (χ0v) is 13.9. The Balaban J connectivity index is 2.44. The predicted octanol–water partition coefficient (Wildman–Crippen LogP) is 4.55. The van der Waals surface area contributed by atoms with Crippen molar-refractivity contribution in [1.29, 1.82) is 0 Å². The first-order chi connectivity index (χ1) is 9.61. The number of hydrogen-bond donors (Lipinski definition) is 1. The maximum atomic E-state index is 4.34. The van der Waals surface area contributed by atoms with Gasteiger partial charge in [0.15, 0.2) is 0 Å². The van der Waals surface area contributed by atoms with Gasteiger partial charge in [0.25, 0.3) is 0 Å². The Hall–Kier alpha value is -1.19. The first-order valence-corrected chi connectivity index (χ1v) is 7.82. The highest BCUT2D eigenvalue weighted by Gasteiger charge is 2.16. The van der Waals surface area contributed by atoms with Gasteiger partial charge < -0.3 is 5.32 Å². The van der Waals surface area contributed by atoms with E-state index in [1.165, 1.54) is 22.3 Å². The second-order valence-corrected chi connectivity index (χ2v) is 6.06. The summed E-state index contributed by atoms with van der Waals surface area (Å²) in [5.41, 5.74) is 4.94. The van der Waals surface area contributed by atoms with E-state index in [4.69, 9.17) is 0 Å². The van der Waals surface area contributed by atoms with Crippen molar-refractivity contribution in [2.24, 2.45) is 0 Å². The molecule has 2 aromatic rings. The molecule has 0 fully saturated rings. The van der Waals surface area contributed by atoms with Crippen LogP contribution in [0.15, 0.2) is 41.1 Å². The minimum absolute atomic E-state index is 0.177. The number of hydrogen-bond acceptors (Lipinski definition) is 2. The van der Waals surface area contributed by atoms with E-state index in [-0.39, 0.29) is 6.04 Å². The van der Waals surface area contributed by atoms with Crippen LogP contribution in [0.5, 0.6) is 0 Å². The van der Waals surface area contributed by atoms with Crippen LogP contribution in [-0.2, 0) is 0 Å². The Morgan fingerprint density at radius 3 is 2.65 bits per heavy atom. The number of aryl methyl sites for hydroxylation is 2. The topological polar surface area (TPSA) is 24.9 Å². The quantitative estimate of drug-likeness (QED) is 0.868. The van der Waals surface area contributed by atoms with Crippen LogP contribution in [0.3, 0.4) is 0 Å². The highest BCUT2D eigenvalue weighted by molar-refractivity contribution is 9.10.